The minimum atomic E-state index is -3.78. The standard InChI is InChI=1S/C11H16N2O5S2/c1-3-13(2)9(14)7-12-20(17,18)11-5-4-8(19-11)6-10(15)16/h4-5,12H,3,6-7H2,1-2H3,(H,15,16). The van der Waals surface area contributed by atoms with Crippen LogP contribution in [0.15, 0.2) is 16.3 Å². The van der Waals surface area contributed by atoms with Gasteiger partial charge in [0, 0.05) is 18.5 Å². The number of rotatable bonds is 7. The van der Waals surface area contributed by atoms with Crippen LogP contribution in [-0.4, -0.2) is 50.4 Å². The molecule has 0 aliphatic heterocycles. The molecule has 1 aromatic rings. The van der Waals surface area contributed by atoms with Crippen molar-refractivity contribution in [2.75, 3.05) is 20.1 Å². The van der Waals surface area contributed by atoms with Gasteiger partial charge in [0.1, 0.15) is 4.21 Å². The van der Waals surface area contributed by atoms with E-state index in [0.717, 1.165) is 11.3 Å². The zero-order valence-corrected chi connectivity index (χ0v) is 12.8. The SMILES string of the molecule is CCN(C)C(=O)CNS(=O)(=O)c1ccc(CC(=O)O)s1. The van der Waals surface area contributed by atoms with E-state index in [1.807, 2.05) is 0 Å². The lowest BCUT2D eigenvalue weighted by molar-refractivity contribution is -0.136. The number of nitrogens with zero attached hydrogens (tertiary/aromatic N) is 1. The fourth-order valence-corrected chi connectivity index (χ4v) is 3.65. The van der Waals surface area contributed by atoms with Gasteiger partial charge in [0.15, 0.2) is 0 Å². The third-order valence-electron chi connectivity index (χ3n) is 2.54. The van der Waals surface area contributed by atoms with E-state index >= 15 is 0 Å². The summed E-state index contributed by atoms with van der Waals surface area (Å²) in [7, 11) is -2.21. The summed E-state index contributed by atoms with van der Waals surface area (Å²) in [6.45, 7) is 1.95. The first-order chi connectivity index (χ1) is 9.26. The zero-order chi connectivity index (χ0) is 15.3. The maximum absolute atomic E-state index is 11.9. The van der Waals surface area contributed by atoms with Crippen molar-refractivity contribution in [3.63, 3.8) is 0 Å². The topological polar surface area (TPSA) is 104 Å². The van der Waals surface area contributed by atoms with Crippen molar-refractivity contribution >= 4 is 33.2 Å². The van der Waals surface area contributed by atoms with Gasteiger partial charge in [-0.15, -0.1) is 11.3 Å². The van der Waals surface area contributed by atoms with E-state index < -0.39 is 16.0 Å². The highest BCUT2D eigenvalue weighted by Crippen LogP contribution is 2.21. The lowest BCUT2D eigenvalue weighted by Crippen LogP contribution is -2.37. The summed E-state index contributed by atoms with van der Waals surface area (Å²) in [5, 5.41) is 8.63. The van der Waals surface area contributed by atoms with Crippen LogP contribution in [0.1, 0.15) is 11.8 Å². The molecule has 7 nitrogen and oxygen atoms in total. The molecule has 9 heteroatoms. The van der Waals surface area contributed by atoms with Gasteiger partial charge in [-0.2, -0.15) is 0 Å². The fourth-order valence-electron chi connectivity index (χ4n) is 1.29. The number of carboxylic acid groups (broad SMARTS) is 1. The van der Waals surface area contributed by atoms with Crippen LogP contribution in [0.25, 0.3) is 0 Å². The van der Waals surface area contributed by atoms with Crippen LogP contribution < -0.4 is 4.72 Å². The fraction of sp³-hybridized carbons (Fsp3) is 0.455. The van der Waals surface area contributed by atoms with Crippen LogP contribution in [0.3, 0.4) is 0 Å². The van der Waals surface area contributed by atoms with Crippen LogP contribution >= 0.6 is 11.3 Å². The number of amides is 1. The molecule has 112 valence electrons. The largest absolute Gasteiger partial charge is 0.481 e. The molecule has 2 N–H and O–H groups in total. The van der Waals surface area contributed by atoms with Gasteiger partial charge in [-0.1, -0.05) is 0 Å². The predicted molar refractivity (Wildman–Crippen MR) is 74.2 cm³/mol. The molecule has 0 aromatic carbocycles. The Bertz CT molecular complexity index is 594. The average Bonchev–Trinajstić information content (AvgIpc) is 2.83. The van der Waals surface area contributed by atoms with Crippen molar-refractivity contribution in [2.45, 2.75) is 17.6 Å². The summed E-state index contributed by atoms with van der Waals surface area (Å²) in [6.07, 6.45) is -0.225. The molecule has 0 atom stereocenters. The molecular weight excluding hydrogens is 304 g/mol. The van der Waals surface area contributed by atoms with Gasteiger partial charge in [-0.05, 0) is 19.1 Å². The Hall–Kier alpha value is -1.45. The van der Waals surface area contributed by atoms with Gasteiger partial charge in [0.2, 0.25) is 5.91 Å². The Labute approximate surface area is 121 Å². The number of thiophene rings is 1. The van der Waals surface area contributed by atoms with Crippen molar-refractivity contribution in [3.05, 3.63) is 17.0 Å². The Morgan fingerprint density at radius 1 is 1.40 bits per heavy atom. The Kier molecular flexibility index (Phi) is 5.66. The first-order valence-corrected chi connectivity index (χ1v) is 8.10. The third-order valence-corrected chi connectivity index (χ3v) is 5.52. The molecule has 20 heavy (non-hydrogen) atoms. The van der Waals surface area contributed by atoms with Gasteiger partial charge in [-0.25, -0.2) is 13.1 Å². The second-order valence-electron chi connectivity index (χ2n) is 4.02. The van der Waals surface area contributed by atoms with Gasteiger partial charge in [0.05, 0.1) is 13.0 Å². The molecule has 1 heterocycles. The van der Waals surface area contributed by atoms with E-state index in [-0.39, 0.29) is 23.1 Å². The molecular formula is C11H16N2O5S2. The van der Waals surface area contributed by atoms with E-state index in [1.54, 1.807) is 14.0 Å². The molecule has 1 rings (SSSR count). The molecule has 0 aliphatic carbocycles. The van der Waals surface area contributed by atoms with Gasteiger partial charge in [-0.3, -0.25) is 9.59 Å². The predicted octanol–water partition coefficient (Wildman–Crippen LogP) is 0.132. The van der Waals surface area contributed by atoms with Gasteiger partial charge in [0.25, 0.3) is 10.0 Å². The monoisotopic (exact) mass is 320 g/mol. The van der Waals surface area contributed by atoms with Gasteiger partial charge < -0.3 is 10.0 Å². The normalized spacial score (nSPS) is 11.3. The van der Waals surface area contributed by atoms with E-state index in [9.17, 15) is 18.0 Å². The minimum Gasteiger partial charge on any atom is -0.481 e. The Balaban J connectivity index is 2.71. The van der Waals surface area contributed by atoms with Gasteiger partial charge >= 0.3 is 5.97 Å². The molecule has 0 aliphatic rings. The van der Waals surface area contributed by atoms with E-state index in [1.165, 1.54) is 17.0 Å². The summed E-state index contributed by atoms with van der Waals surface area (Å²) in [6, 6.07) is 2.78. The maximum Gasteiger partial charge on any atom is 0.308 e. The smallest absolute Gasteiger partial charge is 0.308 e. The van der Waals surface area contributed by atoms with Crippen molar-refractivity contribution in [1.82, 2.24) is 9.62 Å². The second-order valence-corrected chi connectivity index (χ2v) is 7.19. The molecule has 1 amide bonds. The third kappa shape index (κ3) is 4.58. The van der Waals surface area contributed by atoms with Crippen LogP contribution in [0.2, 0.25) is 0 Å². The molecule has 0 radical (unpaired) electrons. The molecule has 0 fully saturated rings. The van der Waals surface area contributed by atoms with Crippen LogP contribution in [0.4, 0.5) is 0 Å². The highest BCUT2D eigenvalue weighted by atomic mass is 32.2. The minimum absolute atomic E-state index is 0.000650. The Morgan fingerprint density at radius 3 is 2.60 bits per heavy atom. The first kappa shape index (κ1) is 16.6. The van der Waals surface area contributed by atoms with E-state index in [2.05, 4.69) is 4.72 Å². The number of carboxylic acids is 1. The quantitative estimate of drug-likeness (QED) is 0.743. The molecule has 0 saturated heterocycles. The summed E-state index contributed by atoms with van der Waals surface area (Å²) in [5.74, 6) is -1.36. The van der Waals surface area contributed by atoms with E-state index in [0.29, 0.717) is 11.4 Å². The summed E-state index contributed by atoms with van der Waals surface area (Å²) >= 11 is 0.878. The van der Waals surface area contributed by atoms with Crippen molar-refractivity contribution in [2.24, 2.45) is 0 Å². The molecule has 1 aromatic heterocycles. The lowest BCUT2D eigenvalue weighted by atomic mass is 10.3. The van der Waals surface area contributed by atoms with Crippen LogP contribution in [0.5, 0.6) is 0 Å². The van der Waals surface area contributed by atoms with Crippen molar-refractivity contribution < 1.29 is 23.1 Å². The molecule has 0 spiro atoms. The van der Waals surface area contributed by atoms with Crippen molar-refractivity contribution in [3.8, 4) is 0 Å². The number of nitrogens with one attached hydrogen (secondary N) is 1. The summed E-state index contributed by atoms with van der Waals surface area (Å²) in [4.78, 5) is 23.9. The van der Waals surface area contributed by atoms with Crippen LogP contribution in [-0.2, 0) is 26.0 Å². The van der Waals surface area contributed by atoms with Crippen molar-refractivity contribution in [1.29, 1.82) is 0 Å². The number of carbonyl (C=O) groups excluding carboxylic acids is 1. The zero-order valence-electron chi connectivity index (χ0n) is 11.1. The first-order valence-electron chi connectivity index (χ1n) is 5.80. The summed E-state index contributed by atoms with van der Waals surface area (Å²) < 4.78 is 26.1. The Morgan fingerprint density at radius 2 is 2.05 bits per heavy atom. The number of hydrogen-bond donors (Lipinski definition) is 2. The average molecular weight is 320 g/mol. The van der Waals surface area contributed by atoms with Crippen LogP contribution in [0, 0.1) is 0 Å². The molecule has 0 saturated carbocycles. The highest BCUT2D eigenvalue weighted by Gasteiger charge is 2.19. The highest BCUT2D eigenvalue weighted by molar-refractivity contribution is 7.91. The number of likely N-dealkylation sites (N-methyl/N-ethyl adjacent to an activating group) is 1. The molecule has 0 unspecified atom stereocenters. The number of aliphatic carboxylic acids is 1. The maximum atomic E-state index is 11.9. The number of hydrogen-bond acceptors (Lipinski definition) is 5. The second kappa shape index (κ2) is 6.82. The lowest BCUT2D eigenvalue weighted by Gasteiger charge is -2.14. The summed E-state index contributed by atoms with van der Waals surface area (Å²) in [5.41, 5.74) is 0. The van der Waals surface area contributed by atoms with E-state index in [4.69, 9.17) is 5.11 Å². The molecule has 0 bridgehead atoms. The number of carbonyl (C=O) groups is 2. The number of sulfonamides is 1.